The third-order valence-electron chi connectivity index (χ3n) is 2.76. The quantitative estimate of drug-likeness (QED) is 0.354. The van der Waals surface area contributed by atoms with E-state index in [2.05, 4.69) is 13.5 Å². The van der Waals surface area contributed by atoms with Gasteiger partial charge in [0.15, 0.2) is 0 Å². The highest BCUT2D eigenvalue weighted by atomic mass is 16.0. The molecular weight excluding hydrogens is 184 g/mol. The second-order valence-electron chi connectivity index (χ2n) is 4.26. The van der Waals surface area contributed by atoms with Crippen molar-refractivity contribution in [1.29, 1.82) is 0 Å². The molecule has 0 heterocycles. The Labute approximate surface area is 96.3 Å². The summed E-state index contributed by atoms with van der Waals surface area (Å²) in [7, 11) is 0. The Bertz CT molecular complexity index is 110. The summed E-state index contributed by atoms with van der Waals surface area (Å²) in [5.41, 5.74) is 0. The summed E-state index contributed by atoms with van der Waals surface area (Å²) in [5, 5.41) is 0. The van der Waals surface area contributed by atoms with Gasteiger partial charge < -0.3 is 5.48 Å². The molecule has 0 amide bonds. The highest BCUT2D eigenvalue weighted by Gasteiger charge is 1.91. The molecule has 0 aliphatic rings. The van der Waals surface area contributed by atoms with Gasteiger partial charge in [0.1, 0.15) is 0 Å². The minimum Gasteiger partial charge on any atom is -0.412 e. The number of rotatable bonds is 11. The van der Waals surface area contributed by atoms with Gasteiger partial charge in [-0.3, -0.25) is 0 Å². The third kappa shape index (κ3) is 16.4. The molecule has 0 rings (SSSR count). The Morgan fingerprint density at radius 1 is 0.733 bits per heavy atom. The second-order valence-corrected chi connectivity index (χ2v) is 4.26. The van der Waals surface area contributed by atoms with Crippen LogP contribution in [0.3, 0.4) is 0 Å². The Hall–Kier alpha value is -0.300. The average molecular weight is 214 g/mol. The smallest absolute Gasteiger partial charge is 0.0353 e. The number of hydrogen-bond acceptors (Lipinski definition) is 0. The van der Waals surface area contributed by atoms with E-state index in [1.165, 1.54) is 70.6 Å². The van der Waals surface area contributed by atoms with E-state index >= 15 is 0 Å². The standard InChI is InChI=1S/C14H28.H2O/c1-3-5-7-9-11-13-14-12-10-8-6-4-2;/h3H,1,4-14H2,2H3;1H2. The molecule has 1 heteroatoms. The fourth-order valence-corrected chi connectivity index (χ4v) is 1.78. The van der Waals surface area contributed by atoms with E-state index in [4.69, 9.17) is 0 Å². The molecule has 0 fully saturated rings. The van der Waals surface area contributed by atoms with Crippen molar-refractivity contribution in [2.75, 3.05) is 0 Å². The first-order valence-electron chi connectivity index (χ1n) is 6.52. The van der Waals surface area contributed by atoms with Gasteiger partial charge in [-0.1, -0.05) is 70.8 Å². The lowest BCUT2D eigenvalue weighted by atomic mass is 10.1. The van der Waals surface area contributed by atoms with Gasteiger partial charge in [-0.2, -0.15) is 0 Å². The molecule has 0 atom stereocenters. The van der Waals surface area contributed by atoms with E-state index in [0.717, 1.165) is 0 Å². The van der Waals surface area contributed by atoms with Crippen LogP contribution in [0.2, 0.25) is 0 Å². The average Bonchev–Trinajstić information content (AvgIpc) is 2.21. The molecule has 0 bridgehead atoms. The van der Waals surface area contributed by atoms with E-state index in [9.17, 15) is 0 Å². The monoisotopic (exact) mass is 214 g/mol. The summed E-state index contributed by atoms with van der Waals surface area (Å²) in [6.07, 6.45) is 17.5. The maximum Gasteiger partial charge on any atom is -0.0353 e. The van der Waals surface area contributed by atoms with Crippen molar-refractivity contribution in [2.24, 2.45) is 0 Å². The Morgan fingerprint density at radius 3 is 1.53 bits per heavy atom. The molecule has 2 N–H and O–H groups in total. The van der Waals surface area contributed by atoms with E-state index in [1.807, 2.05) is 6.08 Å². The number of allylic oxidation sites excluding steroid dienone is 1. The highest BCUT2D eigenvalue weighted by Crippen LogP contribution is 2.11. The van der Waals surface area contributed by atoms with E-state index < -0.39 is 0 Å². The zero-order chi connectivity index (χ0) is 10.5. The summed E-state index contributed by atoms with van der Waals surface area (Å²) in [5.74, 6) is 0. The van der Waals surface area contributed by atoms with Crippen molar-refractivity contribution in [3.05, 3.63) is 12.7 Å². The minimum atomic E-state index is 0. The Morgan fingerprint density at radius 2 is 1.13 bits per heavy atom. The summed E-state index contributed by atoms with van der Waals surface area (Å²) in [6.45, 7) is 6.01. The van der Waals surface area contributed by atoms with Crippen LogP contribution in [-0.4, -0.2) is 5.48 Å². The number of hydrogen-bond donors (Lipinski definition) is 0. The normalized spacial score (nSPS) is 9.67. The predicted molar refractivity (Wildman–Crippen MR) is 70.3 cm³/mol. The summed E-state index contributed by atoms with van der Waals surface area (Å²) < 4.78 is 0. The molecule has 0 saturated carbocycles. The summed E-state index contributed by atoms with van der Waals surface area (Å²) >= 11 is 0. The van der Waals surface area contributed by atoms with Gasteiger partial charge in [-0.05, 0) is 12.8 Å². The molecule has 92 valence electrons. The van der Waals surface area contributed by atoms with Crippen LogP contribution in [0.25, 0.3) is 0 Å². The topological polar surface area (TPSA) is 31.5 Å². The summed E-state index contributed by atoms with van der Waals surface area (Å²) in [4.78, 5) is 0. The molecule has 0 aromatic heterocycles. The third-order valence-corrected chi connectivity index (χ3v) is 2.76. The number of unbranched alkanes of at least 4 members (excludes halogenated alkanes) is 10. The van der Waals surface area contributed by atoms with Gasteiger partial charge >= 0.3 is 0 Å². The first kappa shape index (κ1) is 17.1. The molecule has 0 aromatic rings. The fraction of sp³-hybridized carbons (Fsp3) is 0.857. The van der Waals surface area contributed by atoms with Crippen LogP contribution in [0.15, 0.2) is 12.7 Å². The molecule has 0 aromatic carbocycles. The lowest BCUT2D eigenvalue weighted by molar-refractivity contribution is 0.558. The second kappa shape index (κ2) is 16.1. The molecule has 0 radical (unpaired) electrons. The Balaban J connectivity index is 0. The van der Waals surface area contributed by atoms with Crippen LogP contribution in [-0.2, 0) is 0 Å². The molecule has 1 nitrogen and oxygen atoms in total. The van der Waals surface area contributed by atoms with Gasteiger partial charge in [-0.15, -0.1) is 6.58 Å². The lowest BCUT2D eigenvalue weighted by Gasteiger charge is -2.00. The molecule has 0 saturated heterocycles. The van der Waals surface area contributed by atoms with Crippen molar-refractivity contribution in [3.63, 3.8) is 0 Å². The van der Waals surface area contributed by atoms with Crippen molar-refractivity contribution in [3.8, 4) is 0 Å². The summed E-state index contributed by atoms with van der Waals surface area (Å²) in [6, 6.07) is 0. The van der Waals surface area contributed by atoms with Gasteiger partial charge in [0, 0.05) is 0 Å². The van der Waals surface area contributed by atoms with Crippen LogP contribution in [0.4, 0.5) is 0 Å². The van der Waals surface area contributed by atoms with E-state index in [-0.39, 0.29) is 5.48 Å². The van der Waals surface area contributed by atoms with E-state index in [1.54, 1.807) is 0 Å². The van der Waals surface area contributed by atoms with Crippen LogP contribution in [0.5, 0.6) is 0 Å². The molecular formula is C14H30O. The SMILES string of the molecule is C=CCCCCCCCCCCCC.O. The largest absolute Gasteiger partial charge is 0.412 e. The van der Waals surface area contributed by atoms with Crippen LogP contribution < -0.4 is 0 Å². The Kier molecular flexibility index (Phi) is 18.4. The van der Waals surface area contributed by atoms with E-state index in [0.29, 0.717) is 0 Å². The zero-order valence-corrected chi connectivity index (χ0v) is 10.6. The molecule has 0 aliphatic carbocycles. The zero-order valence-electron chi connectivity index (χ0n) is 10.6. The predicted octanol–water partition coefficient (Wildman–Crippen LogP) is 4.66. The van der Waals surface area contributed by atoms with Crippen molar-refractivity contribution < 1.29 is 5.48 Å². The van der Waals surface area contributed by atoms with Crippen LogP contribution >= 0.6 is 0 Å². The van der Waals surface area contributed by atoms with Gasteiger partial charge in [-0.25, -0.2) is 0 Å². The van der Waals surface area contributed by atoms with Crippen molar-refractivity contribution in [1.82, 2.24) is 0 Å². The first-order chi connectivity index (χ1) is 6.91. The first-order valence-corrected chi connectivity index (χ1v) is 6.52. The molecule has 15 heavy (non-hydrogen) atoms. The van der Waals surface area contributed by atoms with Gasteiger partial charge in [0.2, 0.25) is 0 Å². The highest BCUT2D eigenvalue weighted by molar-refractivity contribution is 4.65. The fourth-order valence-electron chi connectivity index (χ4n) is 1.78. The maximum absolute atomic E-state index is 3.74. The van der Waals surface area contributed by atoms with Crippen molar-refractivity contribution in [2.45, 2.75) is 77.6 Å². The molecule has 0 aliphatic heterocycles. The van der Waals surface area contributed by atoms with Crippen LogP contribution in [0, 0.1) is 0 Å². The maximum atomic E-state index is 3.74. The lowest BCUT2D eigenvalue weighted by Crippen LogP contribution is -1.81. The van der Waals surface area contributed by atoms with Gasteiger partial charge in [0.05, 0.1) is 0 Å². The molecule has 0 unspecified atom stereocenters. The van der Waals surface area contributed by atoms with Crippen LogP contribution in [0.1, 0.15) is 77.6 Å². The molecule has 0 spiro atoms. The minimum absolute atomic E-state index is 0. The van der Waals surface area contributed by atoms with Crippen molar-refractivity contribution >= 4 is 0 Å². The van der Waals surface area contributed by atoms with Gasteiger partial charge in [0.25, 0.3) is 0 Å².